The number of aliphatic hydroxyl groups is 2. The standard InChI is InChI=1S/C18H33N5O8/c1-7(2)5-11(18(30)31)22-15(27)10(6-12(19)26)21-17(29)14(9(4)25)23-16(28)13(20)8(3)24/h7-11,13-14,24-25H,5-6,20H2,1-4H3,(H2,19,26)(H,21,29)(H,22,27)(H,23,28)(H,30,31). The molecule has 10 N–H and O–H groups in total. The molecule has 0 spiro atoms. The van der Waals surface area contributed by atoms with Gasteiger partial charge < -0.3 is 42.7 Å². The van der Waals surface area contributed by atoms with Crippen molar-refractivity contribution < 1.29 is 39.3 Å². The lowest BCUT2D eigenvalue weighted by atomic mass is 10.0. The highest BCUT2D eigenvalue weighted by Crippen LogP contribution is 2.06. The van der Waals surface area contributed by atoms with E-state index in [-0.39, 0.29) is 12.3 Å². The van der Waals surface area contributed by atoms with Crippen molar-refractivity contribution in [3.63, 3.8) is 0 Å². The number of aliphatic carboxylic acids is 1. The van der Waals surface area contributed by atoms with Gasteiger partial charge in [-0.25, -0.2) is 4.79 Å². The van der Waals surface area contributed by atoms with E-state index in [0.717, 1.165) is 0 Å². The van der Waals surface area contributed by atoms with Crippen molar-refractivity contribution in [1.82, 2.24) is 16.0 Å². The van der Waals surface area contributed by atoms with Crippen LogP contribution in [-0.4, -0.2) is 81.3 Å². The van der Waals surface area contributed by atoms with Gasteiger partial charge in [0.15, 0.2) is 0 Å². The summed E-state index contributed by atoms with van der Waals surface area (Å²) in [5.41, 5.74) is 10.6. The van der Waals surface area contributed by atoms with E-state index < -0.39 is 72.4 Å². The Balaban J connectivity index is 5.47. The van der Waals surface area contributed by atoms with E-state index >= 15 is 0 Å². The number of nitrogens with one attached hydrogen (secondary N) is 3. The Bertz CT molecular complexity index is 667. The molecule has 178 valence electrons. The molecule has 4 amide bonds. The van der Waals surface area contributed by atoms with E-state index in [1.807, 2.05) is 0 Å². The average Bonchev–Trinajstić information content (AvgIpc) is 2.62. The van der Waals surface area contributed by atoms with Crippen LogP contribution in [0.4, 0.5) is 0 Å². The van der Waals surface area contributed by atoms with Crippen LogP contribution < -0.4 is 27.4 Å². The van der Waals surface area contributed by atoms with Crippen molar-refractivity contribution in [3.8, 4) is 0 Å². The second-order valence-corrected chi connectivity index (χ2v) is 7.75. The number of hydrogen-bond donors (Lipinski definition) is 8. The molecule has 0 aliphatic heterocycles. The van der Waals surface area contributed by atoms with E-state index in [0.29, 0.717) is 0 Å². The second-order valence-electron chi connectivity index (χ2n) is 7.75. The van der Waals surface area contributed by atoms with E-state index in [2.05, 4.69) is 16.0 Å². The Hall–Kier alpha value is -2.77. The van der Waals surface area contributed by atoms with Crippen LogP contribution in [0.25, 0.3) is 0 Å². The zero-order valence-corrected chi connectivity index (χ0v) is 18.0. The molecular formula is C18H33N5O8. The summed E-state index contributed by atoms with van der Waals surface area (Å²) in [5.74, 6) is -5.28. The van der Waals surface area contributed by atoms with E-state index in [9.17, 15) is 39.3 Å². The molecule has 13 nitrogen and oxygen atoms in total. The van der Waals surface area contributed by atoms with Crippen molar-refractivity contribution in [1.29, 1.82) is 0 Å². The SMILES string of the molecule is CC(C)CC(NC(=O)C(CC(N)=O)NC(=O)C(NC(=O)C(N)C(C)O)C(C)O)C(=O)O. The number of rotatable bonds is 13. The van der Waals surface area contributed by atoms with Crippen LogP contribution in [0.3, 0.4) is 0 Å². The number of carbonyl (C=O) groups excluding carboxylic acids is 4. The van der Waals surface area contributed by atoms with Crippen LogP contribution in [0.5, 0.6) is 0 Å². The number of nitrogens with two attached hydrogens (primary N) is 2. The molecule has 6 unspecified atom stereocenters. The van der Waals surface area contributed by atoms with Crippen molar-refractivity contribution in [3.05, 3.63) is 0 Å². The summed E-state index contributed by atoms with van der Waals surface area (Å²) < 4.78 is 0. The molecule has 0 radical (unpaired) electrons. The molecular weight excluding hydrogens is 414 g/mol. The maximum atomic E-state index is 12.6. The summed E-state index contributed by atoms with van der Waals surface area (Å²) in [6.45, 7) is 5.94. The molecule has 0 rings (SSSR count). The predicted octanol–water partition coefficient (Wildman–Crippen LogP) is -3.46. The van der Waals surface area contributed by atoms with Crippen molar-refractivity contribution in [2.75, 3.05) is 0 Å². The number of carbonyl (C=O) groups is 5. The number of hydrogen-bond acceptors (Lipinski definition) is 8. The molecule has 0 aromatic rings. The first kappa shape index (κ1) is 28.2. The molecule has 0 heterocycles. The quantitative estimate of drug-likeness (QED) is 0.140. The highest BCUT2D eigenvalue weighted by atomic mass is 16.4. The summed E-state index contributed by atoms with van der Waals surface area (Å²) in [4.78, 5) is 59.8. The normalized spacial score (nSPS) is 16.9. The third-order valence-electron chi connectivity index (χ3n) is 4.25. The van der Waals surface area contributed by atoms with Crippen LogP contribution >= 0.6 is 0 Å². The molecule has 0 aromatic carbocycles. The molecule has 13 heteroatoms. The van der Waals surface area contributed by atoms with Gasteiger partial charge in [0.05, 0.1) is 18.6 Å². The first-order valence-corrected chi connectivity index (χ1v) is 9.71. The second kappa shape index (κ2) is 12.8. The third kappa shape index (κ3) is 10.2. The molecule has 0 aliphatic carbocycles. The van der Waals surface area contributed by atoms with Crippen LogP contribution in [0.2, 0.25) is 0 Å². The number of aliphatic hydroxyl groups excluding tert-OH is 2. The Morgan fingerprint density at radius 2 is 1.32 bits per heavy atom. The summed E-state index contributed by atoms with van der Waals surface area (Å²) >= 11 is 0. The van der Waals surface area contributed by atoms with Crippen molar-refractivity contribution in [2.24, 2.45) is 17.4 Å². The average molecular weight is 447 g/mol. The van der Waals surface area contributed by atoms with Gasteiger partial charge >= 0.3 is 5.97 Å². The minimum absolute atomic E-state index is 0.0708. The van der Waals surface area contributed by atoms with Gasteiger partial charge in [-0.2, -0.15) is 0 Å². The van der Waals surface area contributed by atoms with E-state index in [4.69, 9.17) is 11.5 Å². The van der Waals surface area contributed by atoms with Gasteiger partial charge in [0.1, 0.15) is 24.2 Å². The van der Waals surface area contributed by atoms with Crippen molar-refractivity contribution in [2.45, 2.75) is 76.9 Å². The fourth-order valence-electron chi connectivity index (χ4n) is 2.51. The van der Waals surface area contributed by atoms with Gasteiger partial charge in [0.25, 0.3) is 0 Å². The lowest BCUT2D eigenvalue weighted by molar-refractivity contribution is -0.143. The smallest absolute Gasteiger partial charge is 0.326 e. The fraction of sp³-hybridized carbons (Fsp3) is 0.722. The lowest BCUT2D eigenvalue weighted by Gasteiger charge is -2.26. The molecule has 0 saturated carbocycles. The largest absolute Gasteiger partial charge is 0.480 e. The zero-order valence-electron chi connectivity index (χ0n) is 18.0. The highest BCUT2D eigenvalue weighted by molar-refractivity contribution is 5.96. The molecule has 0 saturated heterocycles. The summed E-state index contributed by atoms with van der Waals surface area (Å²) in [6.07, 6.45) is -3.23. The molecule has 0 aromatic heterocycles. The first-order valence-electron chi connectivity index (χ1n) is 9.71. The van der Waals surface area contributed by atoms with Crippen LogP contribution in [-0.2, 0) is 24.0 Å². The van der Waals surface area contributed by atoms with Crippen molar-refractivity contribution >= 4 is 29.6 Å². The lowest BCUT2D eigenvalue weighted by Crippen LogP contribution is -2.61. The topological polar surface area (TPSA) is 234 Å². The molecule has 0 aliphatic rings. The third-order valence-corrected chi connectivity index (χ3v) is 4.25. The van der Waals surface area contributed by atoms with Crippen LogP contribution in [0.15, 0.2) is 0 Å². The first-order chi connectivity index (χ1) is 14.2. The van der Waals surface area contributed by atoms with Gasteiger partial charge in [0, 0.05) is 0 Å². The van der Waals surface area contributed by atoms with E-state index in [1.54, 1.807) is 13.8 Å². The maximum Gasteiger partial charge on any atom is 0.326 e. The zero-order chi connectivity index (χ0) is 24.5. The minimum Gasteiger partial charge on any atom is -0.480 e. The van der Waals surface area contributed by atoms with Gasteiger partial charge in [-0.1, -0.05) is 13.8 Å². The highest BCUT2D eigenvalue weighted by Gasteiger charge is 2.33. The molecule has 0 fully saturated rings. The van der Waals surface area contributed by atoms with Gasteiger partial charge in [-0.15, -0.1) is 0 Å². The number of primary amides is 1. The van der Waals surface area contributed by atoms with Gasteiger partial charge in [-0.05, 0) is 26.2 Å². The molecule has 6 atom stereocenters. The Morgan fingerprint density at radius 3 is 1.71 bits per heavy atom. The van der Waals surface area contributed by atoms with Gasteiger partial charge in [0.2, 0.25) is 23.6 Å². The number of carboxylic acids is 1. The Morgan fingerprint density at radius 1 is 0.806 bits per heavy atom. The monoisotopic (exact) mass is 447 g/mol. The molecule has 31 heavy (non-hydrogen) atoms. The Kier molecular flexibility index (Phi) is 11.7. The minimum atomic E-state index is -1.58. The van der Waals surface area contributed by atoms with Crippen LogP contribution in [0.1, 0.15) is 40.5 Å². The summed E-state index contributed by atoms with van der Waals surface area (Å²) in [5, 5.41) is 35.1. The maximum absolute atomic E-state index is 12.6. The van der Waals surface area contributed by atoms with E-state index in [1.165, 1.54) is 13.8 Å². The fourth-order valence-corrected chi connectivity index (χ4v) is 2.51. The Labute approximate surface area is 179 Å². The van der Waals surface area contributed by atoms with Crippen LogP contribution in [0, 0.1) is 5.92 Å². The summed E-state index contributed by atoms with van der Waals surface area (Å²) in [6, 6.07) is -5.78. The number of carboxylic acid groups (broad SMARTS) is 1. The summed E-state index contributed by atoms with van der Waals surface area (Å²) in [7, 11) is 0. The predicted molar refractivity (Wildman–Crippen MR) is 108 cm³/mol. The van der Waals surface area contributed by atoms with Gasteiger partial charge in [-0.3, -0.25) is 19.2 Å². The number of amides is 4. The molecule has 0 bridgehead atoms.